The van der Waals surface area contributed by atoms with Crippen molar-refractivity contribution in [1.82, 2.24) is 0 Å². The molecule has 0 heterocycles. The second-order valence-corrected chi connectivity index (χ2v) is 6.35. The van der Waals surface area contributed by atoms with Gasteiger partial charge >= 0.3 is 5.97 Å². The van der Waals surface area contributed by atoms with E-state index in [9.17, 15) is 9.90 Å². The summed E-state index contributed by atoms with van der Waals surface area (Å²) < 4.78 is 0. The number of hydrogen-bond acceptors (Lipinski definition) is 1. The molecule has 2 atom stereocenters. The number of carboxylic acid groups (broad SMARTS) is 1. The van der Waals surface area contributed by atoms with Crippen LogP contribution in [0.3, 0.4) is 0 Å². The Hall–Kier alpha value is -0.530. The second kappa shape index (κ2) is 5.41. The van der Waals surface area contributed by atoms with Crippen molar-refractivity contribution in [1.29, 1.82) is 0 Å². The van der Waals surface area contributed by atoms with Gasteiger partial charge in [0.15, 0.2) is 0 Å². The summed E-state index contributed by atoms with van der Waals surface area (Å²) in [4.78, 5) is 11.8. The van der Waals surface area contributed by atoms with E-state index < -0.39 is 5.97 Å². The van der Waals surface area contributed by atoms with Crippen molar-refractivity contribution >= 4 is 5.97 Å². The highest BCUT2D eigenvalue weighted by Gasteiger charge is 2.47. The highest BCUT2D eigenvalue weighted by Crippen LogP contribution is 2.49. The maximum Gasteiger partial charge on any atom is 0.309 e. The van der Waals surface area contributed by atoms with Crippen LogP contribution in [-0.2, 0) is 4.79 Å². The average Bonchev–Trinajstić information content (AvgIpc) is 2.57. The van der Waals surface area contributed by atoms with Crippen molar-refractivity contribution in [2.45, 2.75) is 71.1 Å². The van der Waals surface area contributed by atoms with Gasteiger partial charge in [0.2, 0.25) is 0 Å². The van der Waals surface area contributed by atoms with E-state index >= 15 is 0 Å². The van der Waals surface area contributed by atoms with Crippen molar-refractivity contribution < 1.29 is 9.90 Å². The molecule has 2 nitrogen and oxygen atoms in total. The van der Waals surface area contributed by atoms with Gasteiger partial charge in [0.1, 0.15) is 0 Å². The van der Waals surface area contributed by atoms with E-state index in [1.165, 1.54) is 32.1 Å². The molecule has 2 unspecified atom stereocenters. The molecule has 0 aromatic heterocycles. The summed E-state index contributed by atoms with van der Waals surface area (Å²) in [5.41, 5.74) is -0.373. The summed E-state index contributed by atoms with van der Waals surface area (Å²) in [5.74, 6) is 0.546. The zero-order valence-electron chi connectivity index (χ0n) is 11.1. The Bertz CT molecular complexity index is 266. The van der Waals surface area contributed by atoms with Gasteiger partial charge in [-0.25, -0.2) is 0 Å². The summed E-state index contributed by atoms with van der Waals surface area (Å²) in [5, 5.41) is 9.75. The Morgan fingerprint density at radius 2 is 1.71 bits per heavy atom. The summed E-state index contributed by atoms with van der Waals surface area (Å²) in [7, 11) is 0. The number of rotatable bonds is 2. The molecular formula is C15H26O2. The Balaban J connectivity index is 2.16. The zero-order chi connectivity index (χ0) is 12.3. The standard InChI is InChI=1S/C15H26O2/c1-12-7-6-10-15(11-12,14(16)17)13-8-4-2-3-5-9-13/h12-13H,2-11H2,1H3,(H,16,17). The van der Waals surface area contributed by atoms with Crippen LogP contribution >= 0.6 is 0 Å². The van der Waals surface area contributed by atoms with Crippen LogP contribution in [0.4, 0.5) is 0 Å². The number of aliphatic carboxylic acids is 1. The summed E-state index contributed by atoms with van der Waals surface area (Å²) >= 11 is 0. The van der Waals surface area contributed by atoms with Crippen LogP contribution in [-0.4, -0.2) is 11.1 Å². The Kier molecular flexibility index (Phi) is 4.11. The fourth-order valence-electron chi connectivity index (χ4n) is 4.16. The molecule has 1 N–H and O–H groups in total. The predicted molar refractivity (Wildman–Crippen MR) is 68.9 cm³/mol. The van der Waals surface area contributed by atoms with Crippen LogP contribution < -0.4 is 0 Å². The predicted octanol–water partition coefficient (Wildman–Crippen LogP) is 4.24. The van der Waals surface area contributed by atoms with E-state index in [1.807, 2.05) is 0 Å². The van der Waals surface area contributed by atoms with Crippen molar-refractivity contribution in [3.05, 3.63) is 0 Å². The van der Waals surface area contributed by atoms with Crippen LogP contribution in [0.2, 0.25) is 0 Å². The SMILES string of the molecule is CC1CCCC(C(=O)O)(C2CCCCCC2)C1. The van der Waals surface area contributed by atoms with Crippen LogP contribution in [0.5, 0.6) is 0 Å². The summed E-state index contributed by atoms with van der Waals surface area (Å²) in [6.07, 6.45) is 11.6. The molecule has 0 bridgehead atoms. The van der Waals surface area contributed by atoms with Gasteiger partial charge in [-0.2, -0.15) is 0 Å². The first-order valence-corrected chi connectivity index (χ1v) is 7.38. The van der Waals surface area contributed by atoms with Crippen LogP contribution in [0.1, 0.15) is 71.1 Å². The molecule has 98 valence electrons. The van der Waals surface area contributed by atoms with Crippen molar-refractivity contribution in [3.63, 3.8) is 0 Å². The fraction of sp³-hybridized carbons (Fsp3) is 0.933. The Labute approximate surface area is 105 Å². The molecule has 17 heavy (non-hydrogen) atoms. The van der Waals surface area contributed by atoms with E-state index in [0.717, 1.165) is 32.1 Å². The van der Waals surface area contributed by atoms with E-state index in [0.29, 0.717) is 11.8 Å². The smallest absolute Gasteiger partial charge is 0.309 e. The van der Waals surface area contributed by atoms with E-state index in [-0.39, 0.29) is 5.41 Å². The number of carboxylic acids is 1. The normalized spacial score (nSPS) is 36.4. The van der Waals surface area contributed by atoms with Gasteiger partial charge in [-0.3, -0.25) is 4.79 Å². The van der Waals surface area contributed by atoms with Crippen molar-refractivity contribution in [3.8, 4) is 0 Å². The molecular weight excluding hydrogens is 212 g/mol. The van der Waals surface area contributed by atoms with E-state index in [2.05, 4.69) is 6.92 Å². The van der Waals surface area contributed by atoms with Crippen molar-refractivity contribution in [2.24, 2.45) is 17.3 Å². The van der Waals surface area contributed by atoms with Gasteiger partial charge in [0, 0.05) is 0 Å². The third-order valence-electron chi connectivity index (χ3n) is 5.10. The first-order chi connectivity index (χ1) is 8.15. The molecule has 2 fully saturated rings. The van der Waals surface area contributed by atoms with Crippen molar-refractivity contribution in [2.75, 3.05) is 0 Å². The first kappa shape index (κ1) is 12.9. The maximum absolute atomic E-state index is 11.8. The lowest BCUT2D eigenvalue weighted by Gasteiger charge is -2.42. The van der Waals surface area contributed by atoms with Gasteiger partial charge in [0.25, 0.3) is 0 Å². The summed E-state index contributed by atoms with van der Waals surface area (Å²) in [6.45, 7) is 2.23. The maximum atomic E-state index is 11.8. The summed E-state index contributed by atoms with van der Waals surface area (Å²) in [6, 6.07) is 0. The fourth-order valence-corrected chi connectivity index (χ4v) is 4.16. The average molecular weight is 238 g/mol. The van der Waals surface area contributed by atoms with Crippen LogP contribution in [0.25, 0.3) is 0 Å². The molecule has 0 spiro atoms. The molecule has 2 rings (SSSR count). The quantitative estimate of drug-likeness (QED) is 0.731. The zero-order valence-corrected chi connectivity index (χ0v) is 11.1. The van der Waals surface area contributed by atoms with Gasteiger partial charge < -0.3 is 5.11 Å². The lowest BCUT2D eigenvalue weighted by atomic mass is 9.61. The second-order valence-electron chi connectivity index (χ2n) is 6.35. The minimum Gasteiger partial charge on any atom is -0.481 e. The molecule has 0 aliphatic heterocycles. The largest absolute Gasteiger partial charge is 0.481 e. The number of carbonyl (C=O) groups is 1. The lowest BCUT2D eigenvalue weighted by molar-refractivity contribution is -0.157. The highest BCUT2D eigenvalue weighted by molar-refractivity contribution is 5.75. The Morgan fingerprint density at radius 1 is 1.06 bits per heavy atom. The van der Waals surface area contributed by atoms with Crippen LogP contribution in [0.15, 0.2) is 0 Å². The van der Waals surface area contributed by atoms with Gasteiger partial charge in [-0.1, -0.05) is 45.4 Å². The first-order valence-electron chi connectivity index (χ1n) is 7.38. The third kappa shape index (κ3) is 2.66. The molecule has 2 aliphatic rings. The molecule has 0 radical (unpaired) electrons. The minimum atomic E-state index is -0.504. The number of hydrogen-bond donors (Lipinski definition) is 1. The van der Waals surface area contributed by atoms with E-state index in [1.54, 1.807) is 0 Å². The molecule has 2 saturated carbocycles. The Morgan fingerprint density at radius 3 is 2.24 bits per heavy atom. The van der Waals surface area contributed by atoms with Gasteiger partial charge in [0.05, 0.1) is 5.41 Å². The van der Waals surface area contributed by atoms with E-state index in [4.69, 9.17) is 0 Å². The van der Waals surface area contributed by atoms with Gasteiger partial charge in [-0.15, -0.1) is 0 Å². The molecule has 0 amide bonds. The topological polar surface area (TPSA) is 37.3 Å². The van der Waals surface area contributed by atoms with Gasteiger partial charge in [-0.05, 0) is 37.5 Å². The monoisotopic (exact) mass is 238 g/mol. The highest BCUT2D eigenvalue weighted by atomic mass is 16.4. The molecule has 0 aromatic rings. The molecule has 0 aromatic carbocycles. The lowest BCUT2D eigenvalue weighted by Crippen LogP contribution is -2.42. The third-order valence-corrected chi connectivity index (χ3v) is 5.10. The van der Waals surface area contributed by atoms with Crippen LogP contribution in [0, 0.1) is 17.3 Å². The molecule has 0 saturated heterocycles. The molecule has 2 heteroatoms. The minimum absolute atomic E-state index is 0.373. The molecule has 2 aliphatic carbocycles.